The van der Waals surface area contributed by atoms with Gasteiger partial charge in [-0.05, 0) is 37.5 Å². The molecule has 2 fully saturated rings. The first kappa shape index (κ1) is 24.9. The molecule has 0 radical (unpaired) electrons. The number of thiocarbonyl (C=S) groups is 1. The molecule has 0 amide bonds. The van der Waals surface area contributed by atoms with Crippen LogP contribution in [0.3, 0.4) is 0 Å². The van der Waals surface area contributed by atoms with Crippen molar-refractivity contribution in [1.82, 2.24) is 20.3 Å². The van der Waals surface area contributed by atoms with Crippen molar-refractivity contribution >= 4 is 41.0 Å². The molecule has 0 bridgehead atoms. The van der Waals surface area contributed by atoms with E-state index in [9.17, 15) is 13.2 Å². The monoisotopic (exact) mass is 507 g/mol. The van der Waals surface area contributed by atoms with E-state index in [0.29, 0.717) is 37.8 Å². The molecule has 0 aliphatic carbocycles. The lowest BCUT2D eigenvalue weighted by Crippen LogP contribution is -2.48. The van der Waals surface area contributed by atoms with E-state index in [0.717, 1.165) is 43.6 Å². The van der Waals surface area contributed by atoms with Crippen LogP contribution < -0.4 is 25.9 Å². The molecule has 9 nitrogen and oxygen atoms in total. The third kappa shape index (κ3) is 6.28. The standard InChI is InChI=1S/C22H28F3N9S/c1-31-5-7-33(8-6-31)19-16(15-28-30-20(26)35)14-27-21(29-19)34-11-9-32(10-12-34)18-4-2-3-17(13-18)22(23,24)25/h2-4,13-15H,5-12H2,1H3,(H3,26,30,35). The quantitative estimate of drug-likeness (QED) is 0.357. The highest BCUT2D eigenvalue weighted by molar-refractivity contribution is 7.80. The van der Waals surface area contributed by atoms with Gasteiger partial charge in [-0.2, -0.15) is 23.3 Å². The Morgan fingerprint density at radius 1 is 1.06 bits per heavy atom. The molecule has 0 saturated carbocycles. The Hall–Kier alpha value is -3.19. The maximum atomic E-state index is 13.1. The van der Waals surface area contributed by atoms with Crippen molar-refractivity contribution in [3.8, 4) is 0 Å². The molecule has 188 valence electrons. The molecule has 3 N–H and O–H groups in total. The van der Waals surface area contributed by atoms with Crippen molar-refractivity contribution in [3.05, 3.63) is 41.6 Å². The van der Waals surface area contributed by atoms with Crippen LogP contribution in [0, 0.1) is 0 Å². The molecule has 0 atom stereocenters. The zero-order valence-corrected chi connectivity index (χ0v) is 20.2. The number of rotatable bonds is 5. The molecule has 35 heavy (non-hydrogen) atoms. The molecule has 13 heteroatoms. The van der Waals surface area contributed by atoms with Gasteiger partial charge in [0.1, 0.15) is 5.82 Å². The summed E-state index contributed by atoms with van der Waals surface area (Å²) in [5, 5.41) is 4.13. The minimum Gasteiger partial charge on any atom is -0.375 e. The van der Waals surface area contributed by atoms with Gasteiger partial charge < -0.3 is 25.3 Å². The maximum absolute atomic E-state index is 13.1. The van der Waals surface area contributed by atoms with Gasteiger partial charge in [0, 0.05) is 64.2 Å². The van der Waals surface area contributed by atoms with E-state index in [4.69, 9.17) is 22.9 Å². The van der Waals surface area contributed by atoms with Crippen LogP contribution in [0.1, 0.15) is 11.1 Å². The van der Waals surface area contributed by atoms with Crippen LogP contribution >= 0.6 is 12.2 Å². The Bertz CT molecular complexity index is 1060. The van der Waals surface area contributed by atoms with Crippen molar-refractivity contribution in [1.29, 1.82) is 0 Å². The van der Waals surface area contributed by atoms with E-state index in [1.165, 1.54) is 12.1 Å². The molecule has 1 aromatic heterocycles. The third-order valence-electron chi connectivity index (χ3n) is 6.07. The Morgan fingerprint density at radius 2 is 1.71 bits per heavy atom. The zero-order chi connectivity index (χ0) is 25.0. The van der Waals surface area contributed by atoms with Gasteiger partial charge in [-0.15, -0.1) is 0 Å². The summed E-state index contributed by atoms with van der Waals surface area (Å²) < 4.78 is 39.3. The first-order valence-corrected chi connectivity index (χ1v) is 11.7. The number of anilines is 3. The summed E-state index contributed by atoms with van der Waals surface area (Å²) in [5.74, 6) is 1.36. The summed E-state index contributed by atoms with van der Waals surface area (Å²) in [6.07, 6.45) is -1.04. The highest BCUT2D eigenvalue weighted by Crippen LogP contribution is 2.32. The number of alkyl halides is 3. The normalized spacial score (nSPS) is 17.8. The van der Waals surface area contributed by atoms with Gasteiger partial charge in [0.15, 0.2) is 5.11 Å². The molecule has 1 aromatic carbocycles. The van der Waals surface area contributed by atoms with Crippen molar-refractivity contribution < 1.29 is 13.2 Å². The minimum absolute atomic E-state index is 0.0681. The summed E-state index contributed by atoms with van der Waals surface area (Å²) >= 11 is 4.80. The molecular weight excluding hydrogens is 479 g/mol. The van der Waals surface area contributed by atoms with Gasteiger partial charge in [-0.3, -0.25) is 5.43 Å². The lowest BCUT2D eigenvalue weighted by atomic mass is 10.1. The minimum atomic E-state index is -4.36. The van der Waals surface area contributed by atoms with Crippen LogP contribution in [0.25, 0.3) is 0 Å². The number of nitrogens with two attached hydrogens (primary N) is 1. The lowest BCUT2D eigenvalue weighted by Gasteiger charge is -2.37. The van der Waals surface area contributed by atoms with Gasteiger partial charge in [0.05, 0.1) is 17.3 Å². The average molecular weight is 508 g/mol. The maximum Gasteiger partial charge on any atom is 0.416 e. The number of hydrogen-bond donors (Lipinski definition) is 2. The molecule has 0 spiro atoms. The molecule has 0 unspecified atom stereocenters. The van der Waals surface area contributed by atoms with Crippen LogP contribution in [-0.2, 0) is 6.18 Å². The molecule has 3 heterocycles. The van der Waals surface area contributed by atoms with Crippen molar-refractivity contribution in [3.63, 3.8) is 0 Å². The van der Waals surface area contributed by atoms with Gasteiger partial charge in [-0.25, -0.2) is 4.98 Å². The van der Waals surface area contributed by atoms with E-state index in [-0.39, 0.29) is 5.11 Å². The molecule has 2 aliphatic heterocycles. The van der Waals surface area contributed by atoms with Crippen molar-refractivity contribution in [2.24, 2.45) is 10.8 Å². The number of halogens is 3. The SMILES string of the molecule is CN1CCN(c2nc(N3CCN(c4cccc(C(F)(F)F)c4)CC3)ncc2C=NNC(N)=S)CC1. The Balaban J connectivity index is 1.49. The predicted molar refractivity (Wildman–Crippen MR) is 135 cm³/mol. The van der Waals surface area contributed by atoms with Gasteiger partial charge in [0.25, 0.3) is 0 Å². The number of nitrogens with one attached hydrogen (secondary N) is 1. The largest absolute Gasteiger partial charge is 0.416 e. The summed E-state index contributed by atoms with van der Waals surface area (Å²) in [7, 11) is 2.08. The second-order valence-corrected chi connectivity index (χ2v) is 8.94. The fraction of sp³-hybridized carbons (Fsp3) is 0.455. The lowest BCUT2D eigenvalue weighted by molar-refractivity contribution is -0.137. The van der Waals surface area contributed by atoms with Gasteiger partial charge in [-0.1, -0.05) is 6.07 Å². The van der Waals surface area contributed by atoms with E-state index < -0.39 is 11.7 Å². The highest BCUT2D eigenvalue weighted by atomic mass is 32.1. The van der Waals surface area contributed by atoms with Gasteiger partial charge >= 0.3 is 6.18 Å². The van der Waals surface area contributed by atoms with Crippen molar-refractivity contribution in [2.75, 3.05) is 74.1 Å². The summed E-state index contributed by atoms with van der Waals surface area (Å²) in [5.41, 5.74) is 8.67. The summed E-state index contributed by atoms with van der Waals surface area (Å²) in [4.78, 5) is 17.9. The van der Waals surface area contributed by atoms with E-state index >= 15 is 0 Å². The van der Waals surface area contributed by atoms with Crippen LogP contribution in [-0.4, -0.2) is 85.6 Å². The zero-order valence-electron chi connectivity index (χ0n) is 19.4. The Morgan fingerprint density at radius 3 is 2.37 bits per heavy atom. The predicted octanol–water partition coefficient (Wildman–Crippen LogP) is 1.74. The first-order valence-electron chi connectivity index (χ1n) is 11.3. The fourth-order valence-electron chi connectivity index (χ4n) is 4.10. The van der Waals surface area contributed by atoms with Crippen LogP contribution in [0.15, 0.2) is 35.6 Å². The molecule has 2 aliphatic rings. The highest BCUT2D eigenvalue weighted by Gasteiger charge is 2.31. The average Bonchev–Trinajstić information content (AvgIpc) is 2.84. The molecule has 4 rings (SSSR count). The van der Waals surface area contributed by atoms with Crippen LogP contribution in [0.2, 0.25) is 0 Å². The van der Waals surface area contributed by atoms with Crippen molar-refractivity contribution in [2.45, 2.75) is 6.18 Å². The Labute approximate surface area is 207 Å². The number of hydrogen-bond acceptors (Lipinski definition) is 8. The summed E-state index contributed by atoms with van der Waals surface area (Å²) in [6, 6.07) is 5.45. The fourth-order valence-corrected chi connectivity index (χ4v) is 4.15. The van der Waals surface area contributed by atoms with Crippen LogP contribution in [0.4, 0.5) is 30.6 Å². The third-order valence-corrected chi connectivity index (χ3v) is 6.16. The van der Waals surface area contributed by atoms with E-state index in [1.807, 2.05) is 4.90 Å². The van der Waals surface area contributed by atoms with Crippen LogP contribution in [0.5, 0.6) is 0 Å². The number of benzene rings is 1. The number of likely N-dealkylation sites (N-methyl/N-ethyl adjacent to an activating group) is 1. The van der Waals surface area contributed by atoms with E-state index in [1.54, 1.807) is 18.5 Å². The number of aromatic nitrogens is 2. The van der Waals surface area contributed by atoms with Gasteiger partial charge in [0.2, 0.25) is 5.95 Å². The van der Waals surface area contributed by atoms with E-state index in [2.05, 4.69) is 37.3 Å². The smallest absolute Gasteiger partial charge is 0.375 e. The molecule has 2 aromatic rings. The summed E-state index contributed by atoms with van der Waals surface area (Å²) in [6.45, 7) is 5.78. The second-order valence-electron chi connectivity index (χ2n) is 8.50. The molecular formula is C22H28F3N9S. The topological polar surface area (TPSA) is 89.2 Å². The Kier molecular flexibility index (Phi) is 7.55. The molecule has 2 saturated heterocycles. The number of piperazine rings is 2. The number of nitrogens with zero attached hydrogens (tertiary/aromatic N) is 7. The first-order chi connectivity index (χ1) is 16.7. The number of hydrazone groups is 1. The second kappa shape index (κ2) is 10.6.